The number of carbonyl (C=O) groups excluding carboxylic acids is 1. The van der Waals surface area contributed by atoms with Gasteiger partial charge in [-0.2, -0.15) is 0 Å². The lowest BCUT2D eigenvalue weighted by molar-refractivity contribution is -0.136. The van der Waals surface area contributed by atoms with E-state index in [1.807, 2.05) is 11.8 Å². The summed E-state index contributed by atoms with van der Waals surface area (Å²) in [5, 5.41) is 4.20. The van der Waals surface area contributed by atoms with E-state index in [-0.39, 0.29) is 11.9 Å². The third kappa shape index (κ3) is 4.13. The molecule has 1 atom stereocenters. The van der Waals surface area contributed by atoms with Crippen LogP contribution in [0.1, 0.15) is 33.6 Å². The first-order chi connectivity index (χ1) is 10.1. The third-order valence-electron chi connectivity index (χ3n) is 4.61. The van der Waals surface area contributed by atoms with E-state index >= 15 is 0 Å². The van der Waals surface area contributed by atoms with Gasteiger partial charge in [0.25, 0.3) is 0 Å². The van der Waals surface area contributed by atoms with Gasteiger partial charge in [-0.1, -0.05) is 25.6 Å². The molecule has 120 valence electrons. The highest BCUT2D eigenvalue weighted by atomic mass is 32.2. The van der Waals surface area contributed by atoms with Gasteiger partial charge >= 0.3 is 0 Å². The van der Waals surface area contributed by atoms with Gasteiger partial charge in [0.05, 0.1) is 13.2 Å². The molecule has 0 radical (unpaired) electrons. The maximum atomic E-state index is 12.4. The first kappa shape index (κ1) is 16.6. The Morgan fingerprint density at radius 2 is 2.10 bits per heavy atom. The second-order valence-electron chi connectivity index (χ2n) is 5.92. The van der Waals surface area contributed by atoms with E-state index in [1.165, 1.54) is 0 Å². The number of rotatable bonds is 4. The molecule has 0 bridgehead atoms. The van der Waals surface area contributed by atoms with E-state index in [2.05, 4.69) is 24.2 Å². The molecule has 1 N–H and O–H groups in total. The monoisotopic (exact) mass is 313 g/mol. The SMILES string of the molecule is CCC1(CC)CN=C(NC(C)C(=O)N2CCOCC2)SC1. The molecule has 2 heterocycles. The Morgan fingerprint density at radius 3 is 2.62 bits per heavy atom. The Morgan fingerprint density at radius 1 is 1.43 bits per heavy atom. The number of nitrogens with zero attached hydrogens (tertiary/aromatic N) is 2. The lowest BCUT2D eigenvalue weighted by Crippen LogP contribution is -2.50. The molecule has 0 spiro atoms. The number of amidine groups is 1. The Balaban J connectivity index is 1.87. The van der Waals surface area contributed by atoms with Gasteiger partial charge in [0.2, 0.25) is 5.91 Å². The largest absolute Gasteiger partial charge is 0.378 e. The number of thioether (sulfide) groups is 1. The minimum atomic E-state index is -0.217. The van der Waals surface area contributed by atoms with Crippen LogP contribution in [0.5, 0.6) is 0 Å². The highest BCUT2D eigenvalue weighted by Gasteiger charge is 2.31. The molecule has 0 aromatic carbocycles. The summed E-state index contributed by atoms with van der Waals surface area (Å²) in [6.07, 6.45) is 2.32. The fourth-order valence-electron chi connectivity index (χ4n) is 2.62. The van der Waals surface area contributed by atoms with Gasteiger partial charge in [-0.25, -0.2) is 0 Å². The summed E-state index contributed by atoms with van der Waals surface area (Å²) in [4.78, 5) is 18.9. The summed E-state index contributed by atoms with van der Waals surface area (Å²) in [5.41, 5.74) is 0.341. The van der Waals surface area contributed by atoms with Gasteiger partial charge in [-0.15, -0.1) is 0 Å². The number of hydrogen-bond donors (Lipinski definition) is 1. The van der Waals surface area contributed by atoms with Crippen molar-refractivity contribution < 1.29 is 9.53 Å². The molecule has 1 saturated heterocycles. The van der Waals surface area contributed by atoms with Crippen molar-refractivity contribution in [3.63, 3.8) is 0 Å². The van der Waals surface area contributed by atoms with E-state index in [9.17, 15) is 4.79 Å². The molecule has 2 rings (SSSR count). The number of amides is 1. The van der Waals surface area contributed by atoms with Crippen molar-refractivity contribution in [3.05, 3.63) is 0 Å². The van der Waals surface area contributed by atoms with Crippen molar-refractivity contribution in [3.8, 4) is 0 Å². The molecule has 1 amide bonds. The van der Waals surface area contributed by atoms with Crippen LogP contribution in [0.15, 0.2) is 4.99 Å². The van der Waals surface area contributed by atoms with Crippen LogP contribution < -0.4 is 5.32 Å². The minimum Gasteiger partial charge on any atom is -0.378 e. The maximum Gasteiger partial charge on any atom is 0.244 e. The smallest absolute Gasteiger partial charge is 0.244 e. The van der Waals surface area contributed by atoms with Gasteiger partial charge in [0.15, 0.2) is 5.17 Å². The number of carbonyl (C=O) groups is 1. The molecule has 21 heavy (non-hydrogen) atoms. The standard InChI is InChI=1S/C15H27N3O2S/c1-4-15(5-2)10-16-14(21-11-15)17-12(3)13(19)18-6-8-20-9-7-18/h12H,4-11H2,1-3H3,(H,16,17). The van der Waals surface area contributed by atoms with E-state index in [0.29, 0.717) is 31.7 Å². The molecule has 2 aliphatic rings. The summed E-state index contributed by atoms with van der Waals surface area (Å²) >= 11 is 1.76. The van der Waals surface area contributed by atoms with E-state index < -0.39 is 0 Å². The van der Waals surface area contributed by atoms with Crippen LogP contribution in [0.25, 0.3) is 0 Å². The van der Waals surface area contributed by atoms with Crippen LogP contribution in [-0.4, -0.2) is 60.6 Å². The van der Waals surface area contributed by atoms with Crippen molar-refractivity contribution in [2.24, 2.45) is 10.4 Å². The van der Waals surface area contributed by atoms with Gasteiger partial charge < -0.3 is 15.0 Å². The number of morpholine rings is 1. The molecule has 5 nitrogen and oxygen atoms in total. The quantitative estimate of drug-likeness (QED) is 0.859. The second-order valence-corrected chi connectivity index (χ2v) is 6.88. The summed E-state index contributed by atoms with van der Waals surface area (Å²) < 4.78 is 5.29. The lowest BCUT2D eigenvalue weighted by Gasteiger charge is -2.34. The molecule has 2 aliphatic heterocycles. The predicted octanol–water partition coefficient (Wildman–Crippen LogP) is 1.73. The predicted molar refractivity (Wildman–Crippen MR) is 87.8 cm³/mol. The summed E-state index contributed by atoms with van der Waals surface area (Å²) in [6, 6.07) is -0.217. The topological polar surface area (TPSA) is 53.9 Å². The van der Waals surface area contributed by atoms with Crippen molar-refractivity contribution in [1.82, 2.24) is 10.2 Å². The van der Waals surface area contributed by atoms with Crippen LogP contribution in [0.3, 0.4) is 0 Å². The molecule has 0 saturated carbocycles. The van der Waals surface area contributed by atoms with E-state index in [0.717, 1.165) is 30.3 Å². The van der Waals surface area contributed by atoms with Gasteiger partial charge in [-0.05, 0) is 25.2 Å². The molecule has 0 aromatic heterocycles. The molecule has 0 aromatic rings. The number of aliphatic imine (C=N–C) groups is 1. The number of hydrogen-bond acceptors (Lipinski definition) is 5. The second kappa shape index (κ2) is 7.49. The zero-order chi connectivity index (χ0) is 15.3. The molecule has 1 unspecified atom stereocenters. The fraction of sp³-hybridized carbons (Fsp3) is 0.867. The first-order valence-electron chi connectivity index (χ1n) is 7.90. The van der Waals surface area contributed by atoms with Gasteiger partial charge in [0.1, 0.15) is 6.04 Å². The Bertz CT molecular complexity index is 390. The fourth-order valence-corrected chi connectivity index (χ4v) is 3.98. The molecule has 6 heteroatoms. The van der Waals surface area contributed by atoms with Crippen molar-refractivity contribution in [1.29, 1.82) is 0 Å². The summed E-state index contributed by atoms with van der Waals surface area (Å²) in [5.74, 6) is 1.23. The Kier molecular flexibility index (Phi) is 5.93. The zero-order valence-electron chi connectivity index (χ0n) is 13.4. The van der Waals surface area contributed by atoms with Gasteiger partial charge in [-0.3, -0.25) is 9.79 Å². The van der Waals surface area contributed by atoms with Crippen LogP contribution in [-0.2, 0) is 9.53 Å². The Labute approximate surface area is 131 Å². The summed E-state index contributed by atoms with van der Waals surface area (Å²) in [7, 11) is 0. The zero-order valence-corrected chi connectivity index (χ0v) is 14.2. The maximum absolute atomic E-state index is 12.4. The Hall–Kier alpha value is -0.750. The number of ether oxygens (including phenoxy) is 1. The van der Waals surface area contributed by atoms with Gasteiger partial charge in [0, 0.05) is 25.4 Å². The molecule has 0 aliphatic carbocycles. The van der Waals surface area contributed by atoms with Crippen molar-refractivity contribution >= 4 is 22.8 Å². The molecular weight excluding hydrogens is 286 g/mol. The average Bonchev–Trinajstić information content (AvgIpc) is 2.56. The number of nitrogens with one attached hydrogen (secondary N) is 1. The highest BCUT2D eigenvalue weighted by molar-refractivity contribution is 8.13. The van der Waals surface area contributed by atoms with Crippen LogP contribution in [0.2, 0.25) is 0 Å². The van der Waals surface area contributed by atoms with Crippen molar-refractivity contribution in [2.75, 3.05) is 38.6 Å². The average molecular weight is 313 g/mol. The van der Waals surface area contributed by atoms with Crippen LogP contribution >= 0.6 is 11.8 Å². The molecule has 1 fully saturated rings. The molecular formula is C15H27N3O2S. The highest BCUT2D eigenvalue weighted by Crippen LogP contribution is 2.34. The lowest BCUT2D eigenvalue weighted by atomic mass is 9.84. The van der Waals surface area contributed by atoms with Crippen molar-refractivity contribution in [2.45, 2.75) is 39.7 Å². The summed E-state index contributed by atoms with van der Waals surface area (Å²) in [6.45, 7) is 9.94. The third-order valence-corrected chi connectivity index (χ3v) is 5.88. The van der Waals surface area contributed by atoms with Crippen LogP contribution in [0, 0.1) is 5.41 Å². The normalized spacial score (nSPS) is 23.4. The minimum absolute atomic E-state index is 0.143. The van der Waals surface area contributed by atoms with Crippen LogP contribution in [0.4, 0.5) is 0 Å². The van der Waals surface area contributed by atoms with E-state index in [1.54, 1.807) is 11.8 Å². The first-order valence-corrected chi connectivity index (χ1v) is 8.89. The van der Waals surface area contributed by atoms with E-state index in [4.69, 9.17) is 4.74 Å².